The maximum atomic E-state index is 12.2. The minimum atomic E-state index is -0.233. The van der Waals surface area contributed by atoms with E-state index in [1.807, 2.05) is 16.3 Å². The normalized spacial score (nSPS) is 13.6. The van der Waals surface area contributed by atoms with Crippen molar-refractivity contribution >= 4 is 35.0 Å². The van der Waals surface area contributed by atoms with Crippen LogP contribution in [0.15, 0.2) is 24.4 Å². The van der Waals surface area contributed by atoms with Crippen LogP contribution in [0.2, 0.25) is 5.02 Å². The Labute approximate surface area is 131 Å². The lowest BCUT2D eigenvalue weighted by Crippen LogP contribution is -2.12. The second kappa shape index (κ2) is 5.99. The largest absolute Gasteiger partial charge is 0.495 e. The van der Waals surface area contributed by atoms with Crippen LogP contribution in [-0.4, -0.2) is 28.3 Å². The fraction of sp³-hybridized carbons (Fsp3) is 0.286. The Morgan fingerprint density at radius 3 is 3.10 bits per heavy atom. The Morgan fingerprint density at radius 2 is 2.38 bits per heavy atom. The number of hydrogen-bond donors (Lipinski definition) is 1. The third-order valence-electron chi connectivity index (χ3n) is 3.21. The first-order valence-electron chi connectivity index (χ1n) is 6.46. The van der Waals surface area contributed by atoms with Gasteiger partial charge in [0, 0.05) is 24.2 Å². The summed E-state index contributed by atoms with van der Waals surface area (Å²) in [5.41, 5.74) is 1.05. The van der Waals surface area contributed by atoms with E-state index in [9.17, 15) is 4.79 Å². The monoisotopic (exact) mass is 323 g/mol. The van der Waals surface area contributed by atoms with Crippen LogP contribution < -0.4 is 10.1 Å². The predicted molar refractivity (Wildman–Crippen MR) is 84.3 cm³/mol. The maximum absolute atomic E-state index is 12.2. The summed E-state index contributed by atoms with van der Waals surface area (Å²) >= 11 is 7.87. The fourth-order valence-corrected chi connectivity index (χ4v) is 3.28. The van der Waals surface area contributed by atoms with Gasteiger partial charge in [-0.25, -0.2) is 4.98 Å². The van der Waals surface area contributed by atoms with Crippen LogP contribution in [0, 0.1) is 0 Å². The van der Waals surface area contributed by atoms with Crippen molar-refractivity contribution in [3.63, 3.8) is 0 Å². The van der Waals surface area contributed by atoms with Crippen LogP contribution in [-0.2, 0) is 12.3 Å². The number of imidazole rings is 1. The van der Waals surface area contributed by atoms with Crippen molar-refractivity contribution < 1.29 is 9.53 Å². The molecule has 110 valence electrons. The number of amides is 1. The van der Waals surface area contributed by atoms with Gasteiger partial charge in [-0.15, -0.1) is 0 Å². The van der Waals surface area contributed by atoms with E-state index in [1.54, 1.807) is 31.5 Å². The Hall–Kier alpha value is -1.66. The van der Waals surface area contributed by atoms with Gasteiger partial charge in [0.15, 0.2) is 0 Å². The maximum Gasteiger partial charge on any atom is 0.275 e. The summed E-state index contributed by atoms with van der Waals surface area (Å²) < 4.78 is 7.12. The first-order valence-corrected chi connectivity index (χ1v) is 7.99. The molecule has 0 saturated carbocycles. The number of aromatic nitrogens is 2. The zero-order valence-corrected chi connectivity index (χ0v) is 13.0. The van der Waals surface area contributed by atoms with Gasteiger partial charge in [0.2, 0.25) is 0 Å². The fourth-order valence-electron chi connectivity index (χ4n) is 2.14. The molecule has 7 heteroatoms. The molecule has 0 fully saturated rings. The van der Waals surface area contributed by atoms with Gasteiger partial charge in [0.1, 0.15) is 17.3 Å². The van der Waals surface area contributed by atoms with E-state index in [1.165, 1.54) is 0 Å². The smallest absolute Gasteiger partial charge is 0.275 e. The Morgan fingerprint density at radius 1 is 1.52 bits per heavy atom. The van der Waals surface area contributed by atoms with Crippen LogP contribution in [0.5, 0.6) is 5.75 Å². The zero-order valence-electron chi connectivity index (χ0n) is 11.4. The number of methoxy groups -OCH3 is 1. The van der Waals surface area contributed by atoms with Crippen LogP contribution in [0.4, 0.5) is 5.69 Å². The molecule has 0 atom stereocenters. The summed E-state index contributed by atoms with van der Waals surface area (Å²) in [5.74, 6) is 3.19. The molecular formula is C14H14ClN3O2S. The van der Waals surface area contributed by atoms with Crippen molar-refractivity contribution in [2.24, 2.45) is 0 Å². The summed E-state index contributed by atoms with van der Waals surface area (Å²) in [6.07, 6.45) is 1.80. The number of halogens is 1. The van der Waals surface area contributed by atoms with Gasteiger partial charge in [-0.05, 0) is 18.2 Å². The van der Waals surface area contributed by atoms with E-state index in [-0.39, 0.29) is 5.91 Å². The van der Waals surface area contributed by atoms with Gasteiger partial charge < -0.3 is 14.6 Å². The molecule has 0 radical (unpaired) electrons. The number of aryl methyl sites for hydroxylation is 1. The van der Waals surface area contributed by atoms with Crippen LogP contribution >= 0.6 is 23.4 Å². The second-order valence-corrected chi connectivity index (χ2v) is 6.10. The molecular weight excluding hydrogens is 310 g/mol. The molecule has 0 aliphatic carbocycles. The minimum Gasteiger partial charge on any atom is -0.495 e. The summed E-state index contributed by atoms with van der Waals surface area (Å²) in [6.45, 7) is 0.897. The molecule has 1 aromatic heterocycles. The molecule has 21 heavy (non-hydrogen) atoms. The number of nitrogens with one attached hydrogen (secondary N) is 1. The number of nitrogens with zero attached hydrogens (tertiary/aromatic N) is 2. The number of benzene rings is 1. The predicted octanol–water partition coefficient (Wildman–Crippen LogP) is 3.04. The summed E-state index contributed by atoms with van der Waals surface area (Å²) in [4.78, 5) is 16.6. The van der Waals surface area contributed by atoms with E-state index < -0.39 is 0 Å². The SMILES string of the molecule is COc1ccc(NC(=O)c2cn3c(n2)CSCC3)cc1Cl. The zero-order chi connectivity index (χ0) is 14.8. The van der Waals surface area contributed by atoms with Gasteiger partial charge in [0.05, 0.1) is 17.9 Å². The average Bonchev–Trinajstić information content (AvgIpc) is 2.91. The van der Waals surface area contributed by atoms with E-state index in [2.05, 4.69) is 10.3 Å². The van der Waals surface area contributed by atoms with Crippen LogP contribution in [0.25, 0.3) is 0 Å². The summed E-state index contributed by atoms with van der Waals surface area (Å²) in [6, 6.07) is 5.12. The van der Waals surface area contributed by atoms with E-state index in [0.29, 0.717) is 22.2 Å². The molecule has 0 saturated heterocycles. The van der Waals surface area contributed by atoms with Gasteiger partial charge >= 0.3 is 0 Å². The minimum absolute atomic E-state index is 0.233. The molecule has 2 heterocycles. The van der Waals surface area contributed by atoms with Gasteiger partial charge in [-0.3, -0.25) is 4.79 Å². The van der Waals surface area contributed by atoms with Crippen molar-refractivity contribution in [3.8, 4) is 5.75 Å². The first kappa shape index (κ1) is 14.3. The number of carbonyl (C=O) groups excluding carboxylic acids is 1. The van der Waals surface area contributed by atoms with Gasteiger partial charge in [0.25, 0.3) is 5.91 Å². The topological polar surface area (TPSA) is 56.1 Å². The first-order chi connectivity index (χ1) is 10.2. The molecule has 1 N–H and O–H groups in total. The Kier molecular flexibility index (Phi) is 4.07. The van der Waals surface area contributed by atoms with Crippen molar-refractivity contribution in [3.05, 3.63) is 40.9 Å². The molecule has 0 bridgehead atoms. The number of fused-ring (bicyclic) bond motifs is 1. The van der Waals surface area contributed by atoms with Gasteiger partial charge in [-0.1, -0.05) is 11.6 Å². The van der Waals surface area contributed by atoms with E-state index in [4.69, 9.17) is 16.3 Å². The van der Waals surface area contributed by atoms with E-state index >= 15 is 0 Å². The van der Waals surface area contributed by atoms with Crippen molar-refractivity contribution in [2.45, 2.75) is 12.3 Å². The quantitative estimate of drug-likeness (QED) is 0.943. The number of thioether (sulfide) groups is 1. The number of ether oxygens (including phenoxy) is 1. The van der Waals surface area contributed by atoms with Crippen LogP contribution in [0.1, 0.15) is 16.3 Å². The highest BCUT2D eigenvalue weighted by atomic mass is 35.5. The lowest BCUT2D eigenvalue weighted by Gasteiger charge is -2.11. The standard InChI is InChI=1S/C14H14ClN3O2S/c1-20-12-3-2-9(6-10(12)15)16-14(19)11-7-18-4-5-21-8-13(18)17-11/h2-3,6-7H,4-5,8H2,1H3,(H,16,19). The number of carbonyl (C=O) groups is 1. The molecule has 0 unspecified atom stereocenters. The average molecular weight is 324 g/mol. The lowest BCUT2D eigenvalue weighted by atomic mass is 10.3. The Balaban J connectivity index is 1.77. The number of rotatable bonds is 3. The van der Waals surface area contributed by atoms with Crippen LogP contribution in [0.3, 0.4) is 0 Å². The highest BCUT2D eigenvalue weighted by Crippen LogP contribution is 2.27. The number of anilines is 1. The van der Waals surface area contributed by atoms with E-state index in [0.717, 1.165) is 23.9 Å². The third-order valence-corrected chi connectivity index (χ3v) is 4.44. The summed E-state index contributed by atoms with van der Waals surface area (Å²) in [7, 11) is 1.55. The lowest BCUT2D eigenvalue weighted by molar-refractivity contribution is 0.102. The third kappa shape index (κ3) is 3.01. The highest BCUT2D eigenvalue weighted by molar-refractivity contribution is 7.98. The molecule has 5 nitrogen and oxygen atoms in total. The van der Waals surface area contributed by atoms with Gasteiger partial charge in [-0.2, -0.15) is 11.8 Å². The Bertz CT molecular complexity index is 663. The second-order valence-electron chi connectivity index (χ2n) is 4.59. The highest BCUT2D eigenvalue weighted by Gasteiger charge is 2.17. The summed E-state index contributed by atoms with van der Waals surface area (Å²) in [5, 5.41) is 3.25. The molecule has 1 aromatic carbocycles. The van der Waals surface area contributed by atoms with Crippen molar-refractivity contribution in [2.75, 3.05) is 18.2 Å². The molecule has 1 amide bonds. The van der Waals surface area contributed by atoms with Crippen molar-refractivity contribution in [1.29, 1.82) is 0 Å². The molecule has 1 aliphatic heterocycles. The molecule has 2 aromatic rings. The molecule has 3 rings (SSSR count). The van der Waals surface area contributed by atoms with Crippen molar-refractivity contribution in [1.82, 2.24) is 9.55 Å². The molecule has 0 spiro atoms. The molecule has 1 aliphatic rings. The number of hydrogen-bond acceptors (Lipinski definition) is 4.